The molecule has 0 radical (unpaired) electrons. The van der Waals surface area contributed by atoms with Gasteiger partial charge in [0.25, 0.3) is 0 Å². The Hall–Kier alpha value is 2.72. The molecule has 0 aliphatic rings. The predicted molar refractivity (Wildman–Crippen MR) is 124 cm³/mol. The largest absolute Gasteiger partial charge is 3.00 e. The zero-order chi connectivity index (χ0) is 14.9. The van der Waals surface area contributed by atoms with Crippen LogP contribution in [0.15, 0.2) is 0 Å². The van der Waals surface area contributed by atoms with E-state index in [2.05, 4.69) is 11.5 Å². The number of carbonyl (C=O) groups is 4. The molecule has 0 aromatic rings. The van der Waals surface area contributed by atoms with E-state index in [1.807, 2.05) is 0 Å². The van der Waals surface area contributed by atoms with Crippen molar-refractivity contribution in [1.82, 2.24) is 0 Å². The molecule has 0 aliphatic carbocycles. The van der Waals surface area contributed by atoms with Crippen molar-refractivity contribution in [3.8, 4) is 0 Å². The Kier molecular flexibility index (Phi) is 9200. The summed E-state index contributed by atoms with van der Waals surface area (Å²) >= 11 is 0. The molecule has 0 bridgehead atoms. The van der Waals surface area contributed by atoms with E-state index in [1.165, 1.54) is 0 Å². The number of aliphatic carboxylic acids is 4. The normalized spacial score (nSPS) is 3.32. The molecule has 0 saturated heterocycles. The fourth-order valence-electron chi connectivity index (χ4n) is 0.569. The summed E-state index contributed by atoms with van der Waals surface area (Å²) in [6.45, 7) is 0. The minimum absolute atomic E-state index is 0. The minimum Gasteiger partial charge on any atom is -2.00 e. The van der Waals surface area contributed by atoms with Crippen molar-refractivity contribution in [2.75, 3.05) is 0 Å². The van der Waals surface area contributed by atoms with Crippen LogP contribution in [-0.2, 0) is 418 Å². The Bertz CT molecular complexity index is 366. The fourth-order valence-corrected chi connectivity index (χ4v) is 0.569. The maximum absolute atomic E-state index is 9.77. The van der Waals surface area contributed by atoms with E-state index in [4.69, 9.17) is 0 Å². The molecular weight excluding hydrogens is 1780 g/mol. The molecule has 2 atom stereocenters. The van der Waals surface area contributed by atoms with Gasteiger partial charge in [-0.15, -0.1) is 0 Å². The number of carboxylic acids is 4. The Morgan fingerprint density at radius 2 is 0.324 bits per heavy atom. The van der Waals surface area contributed by atoms with Gasteiger partial charge in [0.15, 0.2) is 0 Å². The van der Waals surface area contributed by atoms with E-state index in [9.17, 15) is 39.6 Å². The molecule has 68 heavy (non-hydrogen) atoms. The molecule has 0 unspecified atom stereocenters. The zero-order valence-electron chi connectivity index (χ0n) is 31.6. The van der Waals surface area contributed by atoms with Gasteiger partial charge in [0.1, 0.15) is 12.1 Å². The monoisotopic (exact) mass is 1840 g/mol. The van der Waals surface area contributed by atoms with Gasteiger partial charge in [-0.2, -0.15) is 0 Å². The summed E-state index contributed by atoms with van der Waals surface area (Å²) in [5, 5.41) is 38.9. The van der Waals surface area contributed by atoms with Gasteiger partial charge in [0.05, 0.1) is 11.9 Å². The van der Waals surface area contributed by atoms with Crippen LogP contribution >= 0.6 is 0 Å². The second-order valence-corrected chi connectivity index (χ2v) is 3.18. The standard InChI is InChI=1S/2C4H7NO4.2Co.8Mo.14H2O.26O/c2*5-2(4(8)9)1-3(6)7;;;;;;;;;;;;;;;;;;;;;;;;;;;;;;;;;;;;;;;;;;;;;;;;;;/h2*2H,1,5H2,(H,6,7)(H,8,9);;;;;;;;;;;14*1H2;;;;;;;;;;;;;;;;;;;;;;;;;;/q;;2*+3;;;;;;;;;;;;;;;;;;;;;;;26*-2/p+8/t2*2-;;;;;;;;;;;;;;;;;;;;;;;;;;;;;;;;;;;;;;;;;;;;;;;;;;/m10................................................../s1. The molecule has 0 spiro atoms. The quantitative estimate of drug-likeness (QED) is 0.190. The van der Waals surface area contributed by atoms with Crippen molar-refractivity contribution in [3.63, 3.8) is 0 Å². The first-order valence-electron chi connectivity index (χ1n) is 4.55. The summed E-state index contributed by atoms with van der Waals surface area (Å²) in [4.78, 5) is 38.9. The minimum atomic E-state index is -1.47. The molecule has 60 heteroatoms. The van der Waals surface area contributed by atoms with Gasteiger partial charge >= 0.3 is 33.6 Å². The fraction of sp³-hybridized carbons (Fsp3) is 0.500. The first-order valence-corrected chi connectivity index (χ1v) is 4.55. The number of carbonyl (C=O) groups excluding carboxylic acids is 4. The number of quaternary nitrogens is 2. The Labute approximate surface area is 516 Å². The van der Waals surface area contributed by atoms with Crippen molar-refractivity contribution in [2.24, 2.45) is 0 Å². The summed E-state index contributed by atoms with van der Waals surface area (Å²) < 4.78 is 0. The summed E-state index contributed by atoms with van der Waals surface area (Å²) in [6.07, 6.45) is -1.19. The van der Waals surface area contributed by atoms with Crippen molar-refractivity contribution in [2.45, 2.75) is 24.9 Å². The van der Waals surface area contributed by atoms with Crippen LogP contribution in [0.25, 0.3) is 0 Å². The molecule has 50 nitrogen and oxygen atoms in total. The Balaban J connectivity index is -0.000000000868. The maximum atomic E-state index is 9.77. The van der Waals surface area contributed by atoms with Crippen molar-refractivity contribution in [3.05, 3.63) is 0 Å². The number of rotatable bonds is 6. The Morgan fingerprint density at radius 3 is 0.338 bits per heavy atom. The van der Waals surface area contributed by atoms with Crippen LogP contribution in [0.5, 0.6) is 0 Å². The SMILES string of the molecule is O.O.O.O.[Co+3].[Co+3].[Mo].[Mo].[Mo].[Mo].[Mo].[Mo].[Mo].[Mo].[NH3+][C@@H](CC(=O)[O-])C(=O)[O-].[NH3+][C@H](CC(=O)[O-])C(=O)[O-].[O-2].[O-2].[O-2].[O-2].[O-2].[O-2].[O-2].[O-2].[O-2].[O-2].[O-2].[O-2].[O-2].[O-2].[O-2].[O-2].[O-2].[O-2].[O-2].[O-2].[O-2].[O-2].[O-2].[O-2].[O-2].[O-2].[OH3+].[OH3+].[OH3+].[OH3+].[OH3+].[OH3+].[OH3+].[OH3+].[OH3+].[OH3+]. The third kappa shape index (κ3) is 899. The van der Waals surface area contributed by atoms with Gasteiger partial charge in [-0.1, -0.05) is 0 Å². The van der Waals surface area contributed by atoms with E-state index < -0.39 is 48.8 Å². The summed E-state index contributed by atoms with van der Waals surface area (Å²) in [5.41, 5.74) is 5.99. The molecule has 0 aliphatic heterocycles. The van der Waals surface area contributed by atoms with Gasteiger partial charge in [-0.25, -0.2) is 0 Å². The second kappa shape index (κ2) is 638. The van der Waals surface area contributed by atoms with E-state index >= 15 is 0 Å². The third-order valence-electron chi connectivity index (χ3n) is 1.49. The molecule has 44 N–H and O–H groups in total. The molecular formula is C8H50Co2Mo8N2O48-38. The van der Waals surface area contributed by atoms with Gasteiger partial charge < -0.3 is 270 Å². The molecule has 484 valence electrons. The maximum Gasteiger partial charge on any atom is 3.00 e. The first kappa shape index (κ1) is 981. The van der Waals surface area contributed by atoms with Crippen LogP contribution in [0, 0.1) is 0 Å². The van der Waals surface area contributed by atoms with Gasteiger partial charge in [-0.3, -0.25) is 0 Å². The van der Waals surface area contributed by atoms with Gasteiger partial charge in [0.2, 0.25) is 0 Å². The van der Waals surface area contributed by atoms with E-state index in [1.54, 1.807) is 0 Å². The third-order valence-corrected chi connectivity index (χ3v) is 1.49. The van der Waals surface area contributed by atoms with E-state index in [0.29, 0.717) is 0 Å². The van der Waals surface area contributed by atoms with E-state index in [0.717, 1.165) is 0 Å². The summed E-state index contributed by atoms with van der Waals surface area (Å²) in [5.74, 6) is -5.81. The van der Waals surface area contributed by atoms with Crippen LogP contribution < -0.4 is 31.9 Å². The number of carboxylic acid groups (broad SMARTS) is 4. The molecule has 0 saturated carbocycles. The van der Waals surface area contributed by atoms with E-state index in [-0.39, 0.29) is 421 Å². The second-order valence-electron chi connectivity index (χ2n) is 3.18. The zero-order valence-corrected chi connectivity index (χ0v) is 49.7. The predicted octanol–water partition coefficient (Wildman–Crippen LogP) is -24.7. The molecule has 0 amide bonds. The van der Waals surface area contributed by atoms with Crippen molar-refractivity contribution < 1.29 is 472 Å². The van der Waals surface area contributed by atoms with Crippen LogP contribution in [0.3, 0.4) is 0 Å². The average molecular weight is 1830 g/mol. The van der Waals surface area contributed by atoms with Crippen LogP contribution in [0.4, 0.5) is 0 Å². The number of hydrogen-bond donors (Lipinski definition) is 2. The average Bonchev–Trinajstić information content (AvgIpc) is 2.16. The molecule has 0 fully saturated rings. The van der Waals surface area contributed by atoms with Crippen molar-refractivity contribution >= 4 is 23.9 Å². The topological polar surface area (TPSA) is 1410 Å². The van der Waals surface area contributed by atoms with Crippen molar-refractivity contribution in [1.29, 1.82) is 0 Å². The number of hydrogen-bond acceptors (Lipinski definition) is 8. The molecule has 0 aromatic carbocycles. The first-order chi connectivity index (χ1) is 8.07. The molecule has 0 aromatic heterocycles. The summed E-state index contributed by atoms with van der Waals surface area (Å²) in [6, 6.07) is -2.43. The summed E-state index contributed by atoms with van der Waals surface area (Å²) in [7, 11) is 0. The molecule has 0 heterocycles. The van der Waals surface area contributed by atoms with Crippen LogP contribution in [0.2, 0.25) is 0 Å². The molecule has 0 rings (SSSR count). The Morgan fingerprint density at radius 1 is 0.265 bits per heavy atom. The smallest absolute Gasteiger partial charge is 2.00 e. The van der Waals surface area contributed by atoms with Crippen LogP contribution in [0.1, 0.15) is 12.8 Å². The van der Waals surface area contributed by atoms with Gasteiger partial charge in [-0.05, 0) is 0 Å². The van der Waals surface area contributed by atoms with Crippen LogP contribution in [-0.4, -0.2) is 57.9 Å². The van der Waals surface area contributed by atoms with Gasteiger partial charge in [0, 0.05) is 193 Å².